The molecule has 1 N–H and O–H groups in total. The molecule has 33 heavy (non-hydrogen) atoms. The first kappa shape index (κ1) is 24.1. The van der Waals surface area contributed by atoms with Gasteiger partial charge < -0.3 is 9.47 Å². The topological polar surface area (TPSA) is 108 Å². The van der Waals surface area contributed by atoms with Crippen molar-refractivity contribution in [1.82, 2.24) is 4.98 Å². The minimum Gasteiger partial charge on any atom is -0.493 e. The van der Waals surface area contributed by atoms with E-state index in [1.165, 1.54) is 24.5 Å². The fourth-order valence-electron chi connectivity index (χ4n) is 2.80. The molecule has 0 saturated heterocycles. The van der Waals surface area contributed by atoms with E-state index in [9.17, 15) is 10.1 Å². The van der Waals surface area contributed by atoms with E-state index in [1.807, 2.05) is 12.1 Å². The van der Waals surface area contributed by atoms with E-state index < -0.39 is 5.91 Å². The summed E-state index contributed by atoms with van der Waals surface area (Å²) in [5.74, 6) is 0.165. The Bertz CT molecular complexity index is 1290. The second kappa shape index (κ2) is 11.3. The first-order valence-corrected chi connectivity index (χ1v) is 11.0. The monoisotopic (exact) mass is 498 g/mol. The standard InChI is InChI=1S/C23H16Cl2N4O3S/c1-31-21-9-14(2-5-20(21)32-7-6-26)8-16(12-27)22(30)29-23-28-13-18(33-23)11-15-10-17(24)3-4-19(15)25/h2-5,8-10,13H,7,11H2,1H3,(H,28,29,30)/b16-8+. The predicted molar refractivity (Wildman–Crippen MR) is 128 cm³/mol. The van der Waals surface area contributed by atoms with Crippen LogP contribution in [0.4, 0.5) is 5.13 Å². The van der Waals surface area contributed by atoms with Crippen molar-refractivity contribution in [1.29, 1.82) is 10.5 Å². The minimum absolute atomic E-state index is 0.114. The molecule has 2 aromatic carbocycles. The molecule has 0 fully saturated rings. The lowest BCUT2D eigenvalue weighted by Crippen LogP contribution is -2.13. The van der Waals surface area contributed by atoms with Crippen LogP contribution in [0.2, 0.25) is 10.0 Å². The van der Waals surface area contributed by atoms with Crippen molar-refractivity contribution in [2.24, 2.45) is 0 Å². The van der Waals surface area contributed by atoms with Crippen molar-refractivity contribution in [2.45, 2.75) is 6.42 Å². The number of aromatic nitrogens is 1. The molecule has 0 spiro atoms. The molecular weight excluding hydrogens is 483 g/mol. The summed E-state index contributed by atoms with van der Waals surface area (Å²) in [7, 11) is 1.45. The first-order valence-electron chi connectivity index (χ1n) is 9.43. The van der Waals surface area contributed by atoms with Gasteiger partial charge in [-0.25, -0.2) is 4.98 Å². The zero-order valence-corrected chi connectivity index (χ0v) is 19.6. The van der Waals surface area contributed by atoms with E-state index in [2.05, 4.69) is 10.3 Å². The summed E-state index contributed by atoms with van der Waals surface area (Å²) in [6.07, 6.45) is 3.57. The summed E-state index contributed by atoms with van der Waals surface area (Å²) in [4.78, 5) is 17.7. The number of halogens is 2. The third-order valence-electron chi connectivity index (χ3n) is 4.30. The van der Waals surface area contributed by atoms with Crippen LogP contribution < -0.4 is 14.8 Å². The number of hydrogen-bond donors (Lipinski definition) is 1. The number of amides is 1. The predicted octanol–water partition coefficient (Wildman–Crippen LogP) is 5.50. The lowest BCUT2D eigenvalue weighted by atomic mass is 10.1. The largest absolute Gasteiger partial charge is 0.493 e. The number of nitriles is 2. The SMILES string of the molecule is COc1cc(/C=C(\C#N)C(=O)Nc2ncc(Cc3cc(Cl)ccc3Cl)s2)ccc1OCC#N. The normalized spacial score (nSPS) is 10.8. The lowest BCUT2D eigenvalue weighted by Gasteiger charge is -2.09. The molecule has 3 rings (SSSR count). The molecule has 1 heterocycles. The van der Waals surface area contributed by atoms with Crippen LogP contribution in [0.25, 0.3) is 6.08 Å². The van der Waals surface area contributed by atoms with Gasteiger partial charge in [0.25, 0.3) is 5.91 Å². The Morgan fingerprint density at radius 1 is 1.21 bits per heavy atom. The van der Waals surface area contributed by atoms with Crippen molar-refractivity contribution >= 4 is 51.7 Å². The molecule has 0 unspecified atom stereocenters. The Morgan fingerprint density at radius 2 is 2.03 bits per heavy atom. The average molecular weight is 499 g/mol. The van der Waals surface area contributed by atoms with Gasteiger partial charge in [0, 0.05) is 27.5 Å². The molecular formula is C23H16Cl2N4O3S. The number of nitrogens with one attached hydrogen (secondary N) is 1. The molecule has 0 saturated carbocycles. The highest BCUT2D eigenvalue weighted by molar-refractivity contribution is 7.15. The quantitative estimate of drug-likeness (QED) is 0.324. The lowest BCUT2D eigenvalue weighted by molar-refractivity contribution is -0.112. The molecule has 0 aliphatic carbocycles. The van der Waals surface area contributed by atoms with E-state index in [0.717, 1.165) is 10.4 Å². The summed E-state index contributed by atoms with van der Waals surface area (Å²) in [6.45, 7) is -0.128. The number of anilines is 1. The van der Waals surface area contributed by atoms with Crippen LogP contribution in [0.5, 0.6) is 11.5 Å². The summed E-state index contributed by atoms with van der Waals surface area (Å²) in [5.41, 5.74) is 1.29. The number of nitrogens with zero attached hydrogens (tertiary/aromatic N) is 3. The van der Waals surface area contributed by atoms with Crippen LogP contribution >= 0.6 is 34.5 Å². The van der Waals surface area contributed by atoms with Gasteiger partial charge in [-0.1, -0.05) is 29.3 Å². The van der Waals surface area contributed by atoms with Crippen LogP contribution in [0.3, 0.4) is 0 Å². The molecule has 0 radical (unpaired) electrons. The summed E-state index contributed by atoms with van der Waals surface area (Å²) >= 11 is 13.5. The molecule has 0 aliphatic rings. The highest BCUT2D eigenvalue weighted by Gasteiger charge is 2.14. The van der Waals surface area contributed by atoms with Gasteiger partial charge in [0.15, 0.2) is 23.2 Å². The van der Waals surface area contributed by atoms with Crippen molar-refractivity contribution in [3.8, 4) is 23.6 Å². The van der Waals surface area contributed by atoms with Crippen molar-refractivity contribution in [2.75, 3.05) is 19.0 Å². The number of benzene rings is 2. The minimum atomic E-state index is -0.594. The molecule has 1 aromatic heterocycles. The third kappa shape index (κ3) is 6.47. The number of carbonyl (C=O) groups excluding carboxylic acids is 1. The Kier molecular flexibility index (Phi) is 8.28. The second-order valence-electron chi connectivity index (χ2n) is 6.53. The number of hydrogen-bond acceptors (Lipinski definition) is 7. The summed E-state index contributed by atoms with van der Waals surface area (Å²) in [6, 6.07) is 13.8. The van der Waals surface area contributed by atoms with Gasteiger partial charge in [-0.3, -0.25) is 10.1 Å². The number of rotatable bonds is 8. The van der Waals surface area contributed by atoms with Crippen LogP contribution in [0, 0.1) is 22.7 Å². The van der Waals surface area contributed by atoms with Gasteiger partial charge in [0.05, 0.1) is 7.11 Å². The average Bonchev–Trinajstić information content (AvgIpc) is 3.25. The molecule has 0 aliphatic heterocycles. The number of thiazole rings is 1. The highest BCUT2D eigenvalue weighted by Crippen LogP contribution is 2.30. The fraction of sp³-hybridized carbons (Fsp3) is 0.130. The van der Waals surface area contributed by atoms with Crippen LogP contribution in [0.15, 0.2) is 48.2 Å². The molecule has 166 valence electrons. The highest BCUT2D eigenvalue weighted by atomic mass is 35.5. The third-order valence-corrected chi connectivity index (χ3v) is 5.82. The van der Waals surface area contributed by atoms with Gasteiger partial charge in [0.2, 0.25) is 0 Å². The zero-order valence-electron chi connectivity index (χ0n) is 17.3. The second-order valence-corrected chi connectivity index (χ2v) is 8.48. The maximum atomic E-state index is 12.6. The summed E-state index contributed by atoms with van der Waals surface area (Å²) in [5, 5.41) is 22.3. The van der Waals surface area contributed by atoms with E-state index in [-0.39, 0.29) is 12.2 Å². The maximum absolute atomic E-state index is 12.6. The van der Waals surface area contributed by atoms with E-state index in [0.29, 0.717) is 38.7 Å². The molecule has 1 amide bonds. The number of carbonyl (C=O) groups is 1. The first-order chi connectivity index (χ1) is 15.9. The van der Waals surface area contributed by atoms with Crippen LogP contribution in [0.1, 0.15) is 16.0 Å². The number of methoxy groups -OCH3 is 1. The Balaban J connectivity index is 1.73. The van der Waals surface area contributed by atoms with Crippen molar-refractivity contribution in [3.63, 3.8) is 0 Å². The van der Waals surface area contributed by atoms with Crippen molar-refractivity contribution < 1.29 is 14.3 Å². The van der Waals surface area contributed by atoms with E-state index in [1.54, 1.807) is 42.6 Å². The molecule has 7 nitrogen and oxygen atoms in total. The Morgan fingerprint density at radius 3 is 2.76 bits per heavy atom. The van der Waals surface area contributed by atoms with E-state index in [4.69, 9.17) is 37.9 Å². The van der Waals surface area contributed by atoms with Crippen molar-refractivity contribution in [3.05, 3.63) is 74.2 Å². The molecule has 0 bridgehead atoms. The molecule has 0 atom stereocenters. The van der Waals surface area contributed by atoms with Gasteiger partial charge in [-0.05, 0) is 47.5 Å². The van der Waals surface area contributed by atoms with Crippen LogP contribution in [-0.4, -0.2) is 24.6 Å². The zero-order chi connectivity index (χ0) is 23.8. The maximum Gasteiger partial charge on any atom is 0.268 e. The van der Waals surface area contributed by atoms with Gasteiger partial charge in [-0.2, -0.15) is 10.5 Å². The molecule has 3 aromatic rings. The van der Waals surface area contributed by atoms with Crippen LogP contribution in [-0.2, 0) is 11.2 Å². The Hall–Kier alpha value is -3.56. The molecule has 10 heteroatoms. The number of ether oxygens (including phenoxy) is 2. The van der Waals surface area contributed by atoms with Gasteiger partial charge in [-0.15, -0.1) is 11.3 Å². The van der Waals surface area contributed by atoms with Gasteiger partial charge >= 0.3 is 0 Å². The smallest absolute Gasteiger partial charge is 0.268 e. The fourth-order valence-corrected chi connectivity index (χ4v) is 4.01. The summed E-state index contributed by atoms with van der Waals surface area (Å²) < 4.78 is 10.5. The van der Waals surface area contributed by atoms with Gasteiger partial charge in [0.1, 0.15) is 17.7 Å². The Labute approximate surface area is 204 Å². The van der Waals surface area contributed by atoms with E-state index >= 15 is 0 Å².